The number of nitrogens with zero attached hydrogens (tertiary/aromatic N) is 2. The van der Waals surface area contributed by atoms with Gasteiger partial charge in [-0.15, -0.1) is 0 Å². The molecule has 1 amide bonds. The summed E-state index contributed by atoms with van der Waals surface area (Å²) < 4.78 is 44.2. The number of carbonyl (C=O) groups excluding carboxylic acids is 1. The highest BCUT2D eigenvalue weighted by atomic mass is 19.4. The van der Waals surface area contributed by atoms with E-state index in [-0.39, 0.29) is 17.9 Å². The minimum absolute atomic E-state index is 0.0545. The Morgan fingerprint density at radius 2 is 1.86 bits per heavy atom. The second-order valence-corrected chi connectivity index (χ2v) is 7.96. The molecule has 28 heavy (non-hydrogen) atoms. The number of aliphatic hydroxyl groups is 1. The van der Waals surface area contributed by atoms with Crippen molar-refractivity contribution in [3.05, 3.63) is 35.4 Å². The topological polar surface area (TPSA) is 53.0 Å². The quantitative estimate of drug-likeness (QED) is 0.845. The van der Waals surface area contributed by atoms with Gasteiger partial charge < -0.3 is 14.7 Å². The fourth-order valence-electron chi connectivity index (χ4n) is 4.17. The molecular formula is C20H27F3N2O3. The van der Waals surface area contributed by atoms with E-state index in [4.69, 9.17) is 4.74 Å². The van der Waals surface area contributed by atoms with Crippen molar-refractivity contribution in [2.75, 3.05) is 26.3 Å². The maximum atomic E-state index is 12.7. The summed E-state index contributed by atoms with van der Waals surface area (Å²) in [5.74, 6) is -0.0903. The number of ether oxygens (including phenoxy) is 1. The Bertz CT molecular complexity index is 683. The predicted molar refractivity (Wildman–Crippen MR) is 97.2 cm³/mol. The Hall–Kier alpha value is -1.64. The summed E-state index contributed by atoms with van der Waals surface area (Å²) in [6.45, 7) is 5.87. The summed E-state index contributed by atoms with van der Waals surface area (Å²) in [5, 5.41) is 9.40. The third-order valence-corrected chi connectivity index (χ3v) is 5.79. The zero-order chi connectivity index (χ0) is 20.5. The van der Waals surface area contributed by atoms with Gasteiger partial charge in [0, 0.05) is 32.5 Å². The Morgan fingerprint density at radius 3 is 2.36 bits per heavy atom. The van der Waals surface area contributed by atoms with Crippen LogP contribution in [0.4, 0.5) is 13.2 Å². The molecule has 1 spiro atoms. The van der Waals surface area contributed by atoms with Crippen molar-refractivity contribution in [3.63, 3.8) is 0 Å². The summed E-state index contributed by atoms with van der Waals surface area (Å²) >= 11 is 0. The first kappa shape index (κ1) is 21.1. The van der Waals surface area contributed by atoms with Crippen LogP contribution in [-0.2, 0) is 22.3 Å². The molecule has 0 radical (unpaired) electrons. The van der Waals surface area contributed by atoms with Gasteiger partial charge in [-0.05, 0) is 23.6 Å². The molecule has 0 aliphatic carbocycles. The number of hydrogen-bond acceptors (Lipinski definition) is 4. The first-order chi connectivity index (χ1) is 13.2. The summed E-state index contributed by atoms with van der Waals surface area (Å²) in [5.41, 5.74) is -0.517. The van der Waals surface area contributed by atoms with Crippen molar-refractivity contribution in [3.8, 4) is 0 Å². The molecule has 0 unspecified atom stereocenters. The maximum Gasteiger partial charge on any atom is 0.416 e. The molecule has 3 rings (SSSR count). The van der Waals surface area contributed by atoms with E-state index in [9.17, 15) is 23.1 Å². The highest BCUT2D eigenvalue weighted by Crippen LogP contribution is 2.39. The van der Waals surface area contributed by atoms with E-state index in [2.05, 4.69) is 4.90 Å². The highest BCUT2D eigenvalue weighted by molar-refractivity contribution is 5.78. The van der Waals surface area contributed by atoms with Gasteiger partial charge in [0.25, 0.3) is 5.91 Å². The number of aliphatic hydroxyl groups excluding tert-OH is 1. The Balaban J connectivity index is 1.64. The minimum atomic E-state index is -4.33. The van der Waals surface area contributed by atoms with E-state index in [0.29, 0.717) is 39.1 Å². The van der Waals surface area contributed by atoms with Crippen LogP contribution < -0.4 is 0 Å². The fourth-order valence-corrected chi connectivity index (χ4v) is 4.17. The van der Waals surface area contributed by atoms with E-state index < -0.39 is 24.1 Å². The number of amides is 1. The van der Waals surface area contributed by atoms with Gasteiger partial charge in [-0.2, -0.15) is 13.2 Å². The molecule has 2 aliphatic rings. The molecule has 2 fully saturated rings. The van der Waals surface area contributed by atoms with E-state index in [1.807, 2.05) is 13.8 Å². The SMILES string of the molecule is CC(C)[C@H]1COC2(CCN(Cc3ccc(C(F)(F)F)cc3)CC2)N1C(=O)CO. The largest absolute Gasteiger partial charge is 0.416 e. The molecule has 8 heteroatoms. The van der Waals surface area contributed by atoms with Crippen LogP contribution in [0.25, 0.3) is 0 Å². The second kappa shape index (κ2) is 8.00. The molecule has 0 bridgehead atoms. The molecule has 2 heterocycles. The third kappa shape index (κ3) is 4.18. The van der Waals surface area contributed by atoms with Crippen LogP contribution in [0.2, 0.25) is 0 Å². The number of halogens is 3. The average Bonchev–Trinajstić information content (AvgIpc) is 3.02. The summed E-state index contributed by atoms with van der Waals surface area (Å²) in [7, 11) is 0. The van der Waals surface area contributed by atoms with Crippen LogP contribution in [0, 0.1) is 5.92 Å². The molecule has 5 nitrogen and oxygen atoms in total. The molecule has 156 valence electrons. The van der Waals surface area contributed by atoms with Gasteiger partial charge >= 0.3 is 6.18 Å². The Morgan fingerprint density at radius 1 is 1.25 bits per heavy atom. The van der Waals surface area contributed by atoms with Gasteiger partial charge in [0.1, 0.15) is 12.3 Å². The summed E-state index contributed by atoms with van der Waals surface area (Å²) in [4.78, 5) is 16.3. The van der Waals surface area contributed by atoms with Gasteiger partial charge in [0.05, 0.1) is 18.2 Å². The number of hydrogen-bond donors (Lipinski definition) is 1. The van der Waals surface area contributed by atoms with Gasteiger partial charge in [-0.3, -0.25) is 9.69 Å². The Labute approximate surface area is 163 Å². The average molecular weight is 400 g/mol. The monoisotopic (exact) mass is 400 g/mol. The third-order valence-electron chi connectivity index (χ3n) is 5.79. The molecular weight excluding hydrogens is 373 g/mol. The number of benzene rings is 1. The van der Waals surface area contributed by atoms with Crippen LogP contribution in [0.15, 0.2) is 24.3 Å². The lowest BCUT2D eigenvalue weighted by Gasteiger charge is -2.45. The van der Waals surface area contributed by atoms with E-state index in [1.54, 1.807) is 4.90 Å². The Kier molecular flexibility index (Phi) is 6.03. The van der Waals surface area contributed by atoms with Crippen LogP contribution in [0.3, 0.4) is 0 Å². The number of rotatable bonds is 4. The lowest BCUT2D eigenvalue weighted by Crippen LogP contribution is -2.58. The van der Waals surface area contributed by atoms with E-state index in [1.165, 1.54) is 12.1 Å². The molecule has 0 saturated carbocycles. The van der Waals surface area contributed by atoms with Crippen molar-refractivity contribution in [2.45, 2.75) is 51.2 Å². The van der Waals surface area contributed by atoms with Crippen molar-refractivity contribution >= 4 is 5.91 Å². The molecule has 1 N–H and O–H groups in total. The second-order valence-electron chi connectivity index (χ2n) is 7.96. The molecule has 2 aliphatic heterocycles. The van der Waals surface area contributed by atoms with E-state index >= 15 is 0 Å². The number of carbonyl (C=O) groups is 1. The molecule has 1 atom stereocenters. The normalized spacial score (nSPS) is 23.0. The lowest BCUT2D eigenvalue weighted by molar-refractivity contribution is -0.164. The van der Waals surface area contributed by atoms with Crippen molar-refractivity contribution in [1.82, 2.24) is 9.80 Å². The maximum absolute atomic E-state index is 12.7. The molecule has 1 aromatic rings. The zero-order valence-corrected chi connectivity index (χ0v) is 16.2. The zero-order valence-electron chi connectivity index (χ0n) is 16.2. The van der Waals surface area contributed by atoms with Gasteiger partial charge in [-0.1, -0.05) is 26.0 Å². The van der Waals surface area contributed by atoms with Crippen LogP contribution in [0.5, 0.6) is 0 Å². The van der Waals surface area contributed by atoms with Crippen molar-refractivity contribution in [1.29, 1.82) is 0 Å². The van der Waals surface area contributed by atoms with Gasteiger partial charge in [-0.25, -0.2) is 0 Å². The van der Waals surface area contributed by atoms with E-state index in [0.717, 1.165) is 17.7 Å². The molecule has 0 aromatic heterocycles. The summed E-state index contributed by atoms with van der Waals surface area (Å²) in [6, 6.07) is 5.18. The first-order valence-electron chi connectivity index (χ1n) is 9.62. The van der Waals surface area contributed by atoms with Crippen LogP contribution in [0.1, 0.15) is 37.8 Å². The van der Waals surface area contributed by atoms with Gasteiger partial charge in [0.15, 0.2) is 0 Å². The highest BCUT2D eigenvalue weighted by Gasteiger charge is 2.51. The van der Waals surface area contributed by atoms with Crippen molar-refractivity contribution < 1.29 is 27.8 Å². The first-order valence-corrected chi connectivity index (χ1v) is 9.62. The smallest absolute Gasteiger partial charge is 0.387 e. The molecule has 2 saturated heterocycles. The van der Waals surface area contributed by atoms with Crippen LogP contribution >= 0.6 is 0 Å². The number of piperidine rings is 1. The predicted octanol–water partition coefficient (Wildman–Crippen LogP) is 2.87. The fraction of sp³-hybridized carbons (Fsp3) is 0.650. The number of likely N-dealkylation sites (tertiary alicyclic amines) is 1. The number of alkyl halides is 3. The van der Waals surface area contributed by atoms with Crippen LogP contribution in [-0.4, -0.2) is 58.9 Å². The minimum Gasteiger partial charge on any atom is -0.387 e. The lowest BCUT2D eigenvalue weighted by atomic mass is 9.95. The van der Waals surface area contributed by atoms with Crippen molar-refractivity contribution in [2.24, 2.45) is 5.92 Å². The van der Waals surface area contributed by atoms with Gasteiger partial charge in [0.2, 0.25) is 0 Å². The summed E-state index contributed by atoms with van der Waals surface area (Å²) in [6.07, 6.45) is -3.10. The standard InChI is InChI=1S/C20H27F3N2O3/c1-14(2)17-13-28-19(25(17)18(27)12-26)7-9-24(10-8-19)11-15-3-5-16(6-4-15)20(21,22)23/h3-6,14,17,26H,7-13H2,1-2H3/t17-/m1/s1. The molecule has 1 aromatic carbocycles.